The van der Waals surface area contributed by atoms with Crippen LogP contribution in [0.3, 0.4) is 0 Å². The number of benzene rings is 5. The number of anilines is 3. The second kappa shape index (κ2) is 7.06. The zero-order valence-corrected chi connectivity index (χ0v) is 17.1. The van der Waals surface area contributed by atoms with Crippen molar-refractivity contribution in [3.05, 3.63) is 119 Å². The van der Waals surface area contributed by atoms with Crippen molar-refractivity contribution in [1.29, 1.82) is 0 Å². The van der Waals surface area contributed by atoms with Crippen LogP contribution in [0.1, 0.15) is 0 Å². The third kappa shape index (κ3) is 2.63. The molecule has 0 aromatic heterocycles. The zero-order valence-electron chi connectivity index (χ0n) is 17.1. The molecule has 0 spiro atoms. The van der Waals surface area contributed by atoms with E-state index in [2.05, 4.69) is 59.5 Å². The standard InChI is InChI=1S/C28H18N2O2/c31-30(32)26-15-7-5-11-21(26)20-17-18-24-22-12-4-6-14-25(22)29(19-9-2-1-3-10-19)27-16-8-13-23(20)28(24)27/h1-18H. The molecule has 1 aliphatic rings. The van der Waals surface area contributed by atoms with Crippen molar-refractivity contribution in [3.8, 4) is 22.3 Å². The molecule has 0 saturated heterocycles. The normalized spacial score (nSPS) is 11.9. The third-order valence-electron chi connectivity index (χ3n) is 6.10. The third-order valence-corrected chi connectivity index (χ3v) is 6.10. The van der Waals surface area contributed by atoms with Crippen molar-refractivity contribution in [2.24, 2.45) is 0 Å². The van der Waals surface area contributed by atoms with E-state index in [0.29, 0.717) is 5.56 Å². The summed E-state index contributed by atoms with van der Waals surface area (Å²) in [6, 6.07) is 36.0. The van der Waals surface area contributed by atoms with Gasteiger partial charge in [0.05, 0.1) is 21.9 Å². The molecule has 0 radical (unpaired) electrons. The molecular weight excluding hydrogens is 396 g/mol. The maximum atomic E-state index is 11.7. The number of rotatable bonds is 3. The van der Waals surface area contributed by atoms with E-state index in [-0.39, 0.29) is 10.6 Å². The van der Waals surface area contributed by atoms with E-state index in [1.54, 1.807) is 12.1 Å². The second-order valence-electron chi connectivity index (χ2n) is 7.82. The van der Waals surface area contributed by atoms with Gasteiger partial charge in [-0.2, -0.15) is 0 Å². The Morgan fingerprint density at radius 3 is 2.03 bits per heavy atom. The van der Waals surface area contributed by atoms with Gasteiger partial charge in [-0.05, 0) is 46.8 Å². The lowest BCUT2D eigenvalue weighted by Gasteiger charge is -2.33. The van der Waals surface area contributed by atoms with Crippen LogP contribution in [0, 0.1) is 10.1 Å². The predicted octanol–water partition coefficient (Wildman–Crippen LogP) is 7.87. The molecular formula is C28H18N2O2. The molecule has 5 aromatic carbocycles. The lowest BCUT2D eigenvalue weighted by molar-refractivity contribution is -0.384. The summed E-state index contributed by atoms with van der Waals surface area (Å²) in [5, 5.41) is 13.8. The topological polar surface area (TPSA) is 46.4 Å². The highest BCUT2D eigenvalue weighted by Gasteiger charge is 2.27. The first-order valence-corrected chi connectivity index (χ1v) is 10.5. The Morgan fingerprint density at radius 2 is 1.22 bits per heavy atom. The molecule has 0 bridgehead atoms. The summed E-state index contributed by atoms with van der Waals surface area (Å²) in [5.41, 5.74) is 7.17. The van der Waals surface area contributed by atoms with Crippen LogP contribution in [0.25, 0.3) is 33.0 Å². The molecule has 32 heavy (non-hydrogen) atoms. The van der Waals surface area contributed by atoms with Crippen molar-refractivity contribution in [3.63, 3.8) is 0 Å². The first kappa shape index (κ1) is 18.3. The van der Waals surface area contributed by atoms with Crippen molar-refractivity contribution in [2.45, 2.75) is 0 Å². The van der Waals surface area contributed by atoms with Crippen molar-refractivity contribution in [1.82, 2.24) is 0 Å². The van der Waals surface area contributed by atoms with E-state index < -0.39 is 0 Å². The maximum Gasteiger partial charge on any atom is 0.277 e. The highest BCUT2D eigenvalue weighted by Crippen LogP contribution is 2.52. The van der Waals surface area contributed by atoms with Gasteiger partial charge in [0.2, 0.25) is 0 Å². The van der Waals surface area contributed by atoms with Crippen LogP contribution in [0.15, 0.2) is 109 Å². The molecule has 6 rings (SSSR count). The van der Waals surface area contributed by atoms with Gasteiger partial charge >= 0.3 is 0 Å². The molecule has 0 saturated carbocycles. The van der Waals surface area contributed by atoms with Crippen molar-refractivity contribution in [2.75, 3.05) is 4.90 Å². The van der Waals surface area contributed by atoms with Crippen LogP contribution in [0.2, 0.25) is 0 Å². The first-order chi connectivity index (χ1) is 15.7. The fraction of sp³-hybridized carbons (Fsp3) is 0. The minimum atomic E-state index is -0.309. The summed E-state index contributed by atoms with van der Waals surface area (Å²) in [5.74, 6) is 0. The molecule has 0 atom stereocenters. The van der Waals surface area contributed by atoms with Gasteiger partial charge in [-0.1, -0.05) is 72.8 Å². The Bertz CT molecular complexity index is 1510. The Hall–Kier alpha value is -4.44. The smallest absolute Gasteiger partial charge is 0.277 e. The molecule has 0 N–H and O–H groups in total. The SMILES string of the molecule is O=[N+]([O-])c1ccccc1-c1ccc2c3c(cccc13)N(c1ccccc1)c1ccccc1-2. The van der Waals surface area contributed by atoms with Crippen LogP contribution < -0.4 is 4.90 Å². The van der Waals surface area contributed by atoms with Gasteiger partial charge in [-0.15, -0.1) is 0 Å². The van der Waals surface area contributed by atoms with Gasteiger partial charge in [-0.25, -0.2) is 0 Å². The molecule has 4 heteroatoms. The van der Waals surface area contributed by atoms with Gasteiger partial charge in [0, 0.05) is 22.7 Å². The van der Waals surface area contributed by atoms with Gasteiger partial charge in [0.15, 0.2) is 0 Å². The van der Waals surface area contributed by atoms with Gasteiger partial charge in [-0.3, -0.25) is 10.1 Å². The van der Waals surface area contributed by atoms with E-state index in [0.717, 1.165) is 44.5 Å². The van der Waals surface area contributed by atoms with Crippen LogP contribution in [0.4, 0.5) is 22.7 Å². The number of para-hydroxylation sites is 3. The summed E-state index contributed by atoms with van der Waals surface area (Å²) in [7, 11) is 0. The Labute approximate surface area is 185 Å². The molecule has 4 nitrogen and oxygen atoms in total. The van der Waals surface area contributed by atoms with Gasteiger partial charge in [0.1, 0.15) is 0 Å². The average molecular weight is 414 g/mol. The number of fused-ring (bicyclic) bond motifs is 2. The van der Waals surface area contributed by atoms with Crippen molar-refractivity contribution >= 4 is 33.5 Å². The molecule has 5 aromatic rings. The van der Waals surface area contributed by atoms with Gasteiger partial charge in [0.25, 0.3) is 5.69 Å². The van der Waals surface area contributed by atoms with Crippen molar-refractivity contribution < 1.29 is 4.92 Å². The minimum absolute atomic E-state index is 0.115. The average Bonchev–Trinajstić information content (AvgIpc) is 2.85. The maximum absolute atomic E-state index is 11.7. The lowest BCUT2D eigenvalue weighted by atomic mass is 9.87. The molecule has 0 amide bonds. The second-order valence-corrected chi connectivity index (χ2v) is 7.82. The summed E-state index contributed by atoms with van der Waals surface area (Å²) in [6.07, 6.45) is 0. The fourth-order valence-electron chi connectivity index (χ4n) is 4.78. The first-order valence-electron chi connectivity index (χ1n) is 10.5. The summed E-state index contributed by atoms with van der Waals surface area (Å²) in [4.78, 5) is 13.7. The molecule has 1 aliphatic heterocycles. The van der Waals surface area contributed by atoms with Crippen LogP contribution >= 0.6 is 0 Å². The number of hydrogen-bond acceptors (Lipinski definition) is 3. The largest absolute Gasteiger partial charge is 0.309 e. The monoisotopic (exact) mass is 414 g/mol. The number of hydrogen-bond donors (Lipinski definition) is 0. The Balaban J connectivity index is 1.72. The summed E-state index contributed by atoms with van der Waals surface area (Å²) in [6.45, 7) is 0. The Kier molecular flexibility index (Phi) is 4.05. The minimum Gasteiger partial charge on any atom is -0.309 e. The predicted molar refractivity (Wildman–Crippen MR) is 130 cm³/mol. The van der Waals surface area contributed by atoms with E-state index in [1.165, 1.54) is 0 Å². The van der Waals surface area contributed by atoms with E-state index in [9.17, 15) is 10.1 Å². The van der Waals surface area contributed by atoms with E-state index >= 15 is 0 Å². The fourth-order valence-corrected chi connectivity index (χ4v) is 4.78. The highest BCUT2D eigenvalue weighted by atomic mass is 16.6. The van der Waals surface area contributed by atoms with Crippen LogP contribution in [0.5, 0.6) is 0 Å². The summed E-state index contributed by atoms with van der Waals surface area (Å²) < 4.78 is 0. The van der Waals surface area contributed by atoms with Crippen LogP contribution in [-0.4, -0.2) is 4.92 Å². The molecule has 1 heterocycles. The Morgan fingerprint density at radius 1 is 0.562 bits per heavy atom. The molecule has 0 unspecified atom stereocenters. The van der Waals surface area contributed by atoms with E-state index in [4.69, 9.17) is 0 Å². The van der Waals surface area contributed by atoms with Crippen LogP contribution in [-0.2, 0) is 0 Å². The van der Waals surface area contributed by atoms with Gasteiger partial charge < -0.3 is 4.90 Å². The highest BCUT2D eigenvalue weighted by molar-refractivity contribution is 6.17. The number of nitro benzene ring substituents is 1. The zero-order chi connectivity index (χ0) is 21.7. The van der Waals surface area contributed by atoms with E-state index in [1.807, 2.05) is 42.5 Å². The summed E-state index contributed by atoms with van der Waals surface area (Å²) >= 11 is 0. The lowest BCUT2D eigenvalue weighted by Crippen LogP contribution is -2.15. The molecule has 152 valence electrons. The molecule has 0 aliphatic carbocycles. The quantitative estimate of drug-likeness (QED) is 0.219. The number of nitrogens with zero attached hydrogens (tertiary/aromatic N) is 2. The number of nitro groups is 1. The molecule has 0 fully saturated rings.